The van der Waals surface area contributed by atoms with Crippen LogP contribution in [0.5, 0.6) is 5.75 Å². The largest absolute Gasteiger partial charge is 0.493 e. The first-order valence-corrected chi connectivity index (χ1v) is 6.23. The summed E-state index contributed by atoms with van der Waals surface area (Å²) in [6.45, 7) is 0.691. The van der Waals surface area contributed by atoms with Crippen LogP contribution in [0, 0.1) is 0 Å². The Labute approximate surface area is 103 Å². The highest BCUT2D eigenvalue weighted by Gasteiger charge is 2.08. The number of hydrogen-bond donors (Lipinski definition) is 0. The Morgan fingerprint density at radius 2 is 2.12 bits per heavy atom. The molecule has 0 saturated heterocycles. The number of nitrogens with zero attached hydrogens (tertiary/aromatic N) is 1. The summed E-state index contributed by atoms with van der Waals surface area (Å²) in [5.74, 6) is 1.56. The predicted octanol–water partition coefficient (Wildman–Crippen LogP) is 3.51. The summed E-state index contributed by atoms with van der Waals surface area (Å²) in [4.78, 5) is 0. The Balaban J connectivity index is 2.18. The minimum atomic E-state index is 0.691. The molecule has 1 heterocycles. The molecule has 2 rings (SSSR count). The molecule has 0 amide bonds. The number of hydrogen-bond acceptors (Lipinski definition) is 3. The Kier molecular flexibility index (Phi) is 3.99. The van der Waals surface area contributed by atoms with Crippen LogP contribution < -0.4 is 4.74 Å². The first-order chi connectivity index (χ1) is 7.92. The molecule has 16 heavy (non-hydrogen) atoms. The molecule has 0 saturated carbocycles. The van der Waals surface area contributed by atoms with E-state index in [0.717, 1.165) is 28.8 Å². The first kappa shape index (κ1) is 11.2. The van der Waals surface area contributed by atoms with Gasteiger partial charge in [-0.15, -0.1) is 0 Å². The zero-order valence-electron chi connectivity index (χ0n) is 8.73. The molecule has 3 nitrogen and oxygen atoms in total. The molecule has 4 heteroatoms. The molecule has 0 bridgehead atoms. The number of para-hydroxylation sites is 1. The number of ether oxygens (including phenoxy) is 1. The number of aromatic nitrogens is 1. The topological polar surface area (TPSA) is 35.3 Å². The lowest BCUT2D eigenvalue weighted by Crippen LogP contribution is -1.98. The predicted molar refractivity (Wildman–Crippen MR) is 65.8 cm³/mol. The lowest BCUT2D eigenvalue weighted by molar-refractivity contribution is 0.319. The maximum Gasteiger partial charge on any atom is 0.170 e. The van der Waals surface area contributed by atoms with Gasteiger partial charge in [0.1, 0.15) is 5.75 Å². The van der Waals surface area contributed by atoms with E-state index in [4.69, 9.17) is 9.26 Å². The van der Waals surface area contributed by atoms with E-state index in [1.54, 1.807) is 6.20 Å². The van der Waals surface area contributed by atoms with Crippen molar-refractivity contribution in [2.24, 2.45) is 0 Å². The van der Waals surface area contributed by atoms with Gasteiger partial charge in [0.25, 0.3) is 0 Å². The molecule has 2 aromatic rings. The summed E-state index contributed by atoms with van der Waals surface area (Å²) in [7, 11) is 0. The number of alkyl halides is 1. The average Bonchev–Trinajstić information content (AvgIpc) is 2.83. The van der Waals surface area contributed by atoms with E-state index in [1.165, 1.54) is 0 Å². The molecule has 0 atom stereocenters. The van der Waals surface area contributed by atoms with Gasteiger partial charge in [-0.3, -0.25) is 0 Å². The normalized spacial score (nSPS) is 10.3. The van der Waals surface area contributed by atoms with E-state index in [0.29, 0.717) is 6.61 Å². The molecule has 1 aromatic heterocycles. The van der Waals surface area contributed by atoms with Crippen LogP contribution in [0.3, 0.4) is 0 Å². The van der Waals surface area contributed by atoms with Crippen molar-refractivity contribution < 1.29 is 9.26 Å². The lowest BCUT2D eigenvalue weighted by atomic mass is 10.1. The third kappa shape index (κ3) is 2.64. The van der Waals surface area contributed by atoms with Crippen molar-refractivity contribution in [2.45, 2.75) is 6.42 Å². The number of halogens is 1. The van der Waals surface area contributed by atoms with Gasteiger partial charge in [0.2, 0.25) is 0 Å². The summed E-state index contributed by atoms with van der Waals surface area (Å²) in [5, 5.41) is 4.64. The van der Waals surface area contributed by atoms with E-state index < -0.39 is 0 Å². The fourth-order valence-electron chi connectivity index (χ4n) is 1.39. The highest BCUT2D eigenvalue weighted by Crippen LogP contribution is 2.29. The van der Waals surface area contributed by atoms with Gasteiger partial charge >= 0.3 is 0 Å². The molecule has 0 fully saturated rings. The summed E-state index contributed by atoms with van der Waals surface area (Å²) in [6, 6.07) is 9.63. The van der Waals surface area contributed by atoms with Crippen LogP contribution in [-0.4, -0.2) is 17.1 Å². The number of benzene rings is 1. The van der Waals surface area contributed by atoms with Gasteiger partial charge in [0.15, 0.2) is 5.76 Å². The minimum Gasteiger partial charge on any atom is -0.493 e. The molecule has 0 aliphatic rings. The average molecular weight is 282 g/mol. The van der Waals surface area contributed by atoms with Gasteiger partial charge in [-0.2, -0.15) is 0 Å². The zero-order chi connectivity index (χ0) is 11.2. The molecular formula is C12H12BrNO2. The minimum absolute atomic E-state index is 0.691. The molecule has 0 N–H and O–H groups in total. The van der Waals surface area contributed by atoms with Gasteiger partial charge in [0.05, 0.1) is 18.4 Å². The van der Waals surface area contributed by atoms with Crippen molar-refractivity contribution in [1.29, 1.82) is 0 Å². The van der Waals surface area contributed by atoms with Crippen LogP contribution in [0.1, 0.15) is 6.42 Å². The highest BCUT2D eigenvalue weighted by molar-refractivity contribution is 9.09. The van der Waals surface area contributed by atoms with Crippen molar-refractivity contribution in [2.75, 3.05) is 11.9 Å². The van der Waals surface area contributed by atoms with E-state index in [1.807, 2.05) is 30.3 Å². The molecule has 84 valence electrons. The first-order valence-electron chi connectivity index (χ1n) is 5.10. The second-order valence-electron chi connectivity index (χ2n) is 3.26. The maximum atomic E-state index is 5.68. The molecule has 0 spiro atoms. The van der Waals surface area contributed by atoms with Gasteiger partial charge in [-0.25, -0.2) is 0 Å². The Hall–Kier alpha value is -1.29. The third-order valence-corrected chi connectivity index (χ3v) is 2.69. The SMILES string of the molecule is BrCCCOc1ccccc1-c1ccno1. The molecule has 0 aliphatic carbocycles. The Bertz CT molecular complexity index is 428. The molecule has 1 aromatic carbocycles. The Morgan fingerprint density at radius 3 is 2.88 bits per heavy atom. The van der Waals surface area contributed by atoms with Crippen LogP contribution in [0.25, 0.3) is 11.3 Å². The van der Waals surface area contributed by atoms with Crippen LogP contribution in [-0.2, 0) is 0 Å². The van der Waals surface area contributed by atoms with Crippen molar-refractivity contribution >= 4 is 15.9 Å². The quantitative estimate of drug-likeness (QED) is 0.622. The van der Waals surface area contributed by atoms with Crippen LogP contribution in [0.4, 0.5) is 0 Å². The summed E-state index contributed by atoms with van der Waals surface area (Å²) in [6.07, 6.45) is 2.61. The van der Waals surface area contributed by atoms with Crippen LogP contribution in [0.15, 0.2) is 41.1 Å². The Morgan fingerprint density at radius 1 is 1.25 bits per heavy atom. The molecule has 0 aliphatic heterocycles. The molecule has 0 radical (unpaired) electrons. The van der Waals surface area contributed by atoms with E-state index in [9.17, 15) is 0 Å². The van der Waals surface area contributed by atoms with Gasteiger partial charge in [0, 0.05) is 11.4 Å². The summed E-state index contributed by atoms with van der Waals surface area (Å²) in [5.41, 5.74) is 0.939. The van der Waals surface area contributed by atoms with Crippen LogP contribution in [0.2, 0.25) is 0 Å². The monoisotopic (exact) mass is 281 g/mol. The van der Waals surface area contributed by atoms with Crippen molar-refractivity contribution in [3.05, 3.63) is 36.5 Å². The van der Waals surface area contributed by atoms with Crippen LogP contribution >= 0.6 is 15.9 Å². The van der Waals surface area contributed by atoms with E-state index in [2.05, 4.69) is 21.1 Å². The smallest absolute Gasteiger partial charge is 0.170 e. The summed E-state index contributed by atoms with van der Waals surface area (Å²) < 4.78 is 10.8. The van der Waals surface area contributed by atoms with Crippen molar-refractivity contribution in [1.82, 2.24) is 5.16 Å². The van der Waals surface area contributed by atoms with E-state index >= 15 is 0 Å². The maximum absolute atomic E-state index is 5.68. The second kappa shape index (κ2) is 5.70. The van der Waals surface area contributed by atoms with Gasteiger partial charge < -0.3 is 9.26 Å². The standard InChI is InChI=1S/C12H12BrNO2/c13-7-3-9-15-11-5-2-1-4-10(11)12-6-8-14-16-12/h1-2,4-6,8H,3,7,9H2. The van der Waals surface area contributed by atoms with Gasteiger partial charge in [-0.1, -0.05) is 33.2 Å². The molecular weight excluding hydrogens is 270 g/mol. The summed E-state index contributed by atoms with van der Waals surface area (Å²) >= 11 is 3.37. The fourth-order valence-corrected chi connectivity index (χ4v) is 1.62. The van der Waals surface area contributed by atoms with Gasteiger partial charge in [-0.05, 0) is 18.6 Å². The zero-order valence-corrected chi connectivity index (χ0v) is 10.3. The lowest BCUT2D eigenvalue weighted by Gasteiger charge is -2.08. The van der Waals surface area contributed by atoms with Crippen molar-refractivity contribution in [3.63, 3.8) is 0 Å². The highest BCUT2D eigenvalue weighted by atomic mass is 79.9. The van der Waals surface area contributed by atoms with E-state index in [-0.39, 0.29) is 0 Å². The third-order valence-electron chi connectivity index (χ3n) is 2.13. The second-order valence-corrected chi connectivity index (χ2v) is 4.06. The van der Waals surface area contributed by atoms with Crippen molar-refractivity contribution in [3.8, 4) is 17.1 Å². The number of rotatable bonds is 5. The molecule has 0 unspecified atom stereocenters. The fraction of sp³-hybridized carbons (Fsp3) is 0.250.